The van der Waals surface area contributed by atoms with Gasteiger partial charge in [-0.05, 0) is 71.5 Å². The predicted molar refractivity (Wildman–Crippen MR) is 227 cm³/mol. The number of esters is 2. The van der Waals surface area contributed by atoms with Crippen LogP contribution in [0.4, 0.5) is 0 Å². The quantitative estimate of drug-likeness (QED) is 0.0247. The van der Waals surface area contributed by atoms with Crippen molar-refractivity contribution in [3.8, 4) is 23.0 Å². The highest BCUT2D eigenvalue weighted by atomic mass is 35.5. The molecule has 4 rings (SSSR count). The van der Waals surface area contributed by atoms with Crippen LogP contribution in [0.5, 0.6) is 23.0 Å². The van der Waals surface area contributed by atoms with E-state index in [0.29, 0.717) is 11.1 Å². The normalized spacial score (nSPS) is 12.3. The van der Waals surface area contributed by atoms with Crippen LogP contribution < -0.4 is 18.9 Å². The van der Waals surface area contributed by atoms with Crippen LogP contribution in [0.25, 0.3) is 12.2 Å². The molecule has 4 aromatic rings. The number of alkyl halides is 4. The molecule has 0 spiro atoms. The Morgan fingerprint density at radius 1 is 0.525 bits per heavy atom. The number of hydrogen-bond acceptors (Lipinski definition) is 10. The Morgan fingerprint density at radius 2 is 0.898 bits per heavy atom. The van der Waals surface area contributed by atoms with E-state index >= 15 is 0 Å². The van der Waals surface area contributed by atoms with Crippen molar-refractivity contribution < 1.29 is 47.7 Å². The molecule has 14 heteroatoms. The molecule has 0 radical (unpaired) electrons. The minimum absolute atomic E-state index is 0.0962. The van der Waals surface area contributed by atoms with E-state index in [2.05, 4.69) is 0 Å². The van der Waals surface area contributed by atoms with E-state index in [9.17, 15) is 28.8 Å². The second-order valence-electron chi connectivity index (χ2n) is 13.2. The molecular formula is C45H40Cl4O10. The molecule has 4 aromatic carbocycles. The molecule has 0 bridgehead atoms. The van der Waals surface area contributed by atoms with Gasteiger partial charge in [-0.2, -0.15) is 0 Å². The Bertz CT molecular complexity index is 2010. The molecule has 0 N–H and O–H groups in total. The summed E-state index contributed by atoms with van der Waals surface area (Å²) in [6, 6.07) is 27.5. The van der Waals surface area contributed by atoms with Gasteiger partial charge in [0.25, 0.3) is 0 Å². The number of carbonyl (C=O) groups excluding carboxylic acids is 6. The largest absolute Gasteiger partial charge is 0.493 e. The van der Waals surface area contributed by atoms with Gasteiger partial charge in [0.05, 0.1) is 32.5 Å². The molecule has 0 aliphatic carbocycles. The molecule has 0 aliphatic heterocycles. The first-order valence-electron chi connectivity index (χ1n) is 18.2. The lowest BCUT2D eigenvalue weighted by Gasteiger charge is -2.17. The molecule has 0 saturated carbocycles. The summed E-state index contributed by atoms with van der Waals surface area (Å²) in [5.74, 6) is -4.48. The van der Waals surface area contributed by atoms with Crippen molar-refractivity contribution in [3.05, 3.63) is 131 Å². The van der Waals surface area contributed by atoms with Gasteiger partial charge in [-0.25, -0.2) is 0 Å². The zero-order valence-corrected chi connectivity index (χ0v) is 35.0. The summed E-state index contributed by atoms with van der Waals surface area (Å²) in [7, 11) is 2.77. The maximum atomic E-state index is 13.2. The Kier molecular flexibility index (Phi) is 18.4. The van der Waals surface area contributed by atoms with E-state index in [4.69, 9.17) is 65.4 Å². The van der Waals surface area contributed by atoms with Gasteiger partial charge in [0.15, 0.2) is 55.8 Å². The minimum Gasteiger partial charge on any atom is -0.493 e. The lowest BCUT2D eigenvalue weighted by molar-refractivity contribution is -0.141. The summed E-state index contributed by atoms with van der Waals surface area (Å²) < 4.78 is 22.1. The second-order valence-corrected chi connectivity index (χ2v) is 15.3. The van der Waals surface area contributed by atoms with Crippen molar-refractivity contribution in [1.82, 2.24) is 0 Å². The summed E-state index contributed by atoms with van der Waals surface area (Å²) in [5, 5.41) is 0. The Labute approximate surface area is 362 Å². The number of ketones is 4. The van der Waals surface area contributed by atoms with Gasteiger partial charge in [-0.1, -0.05) is 131 Å². The molecular weight excluding hydrogens is 842 g/mol. The molecule has 0 aliphatic rings. The number of rotatable bonds is 22. The van der Waals surface area contributed by atoms with Crippen LogP contribution in [0.15, 0.2) is 109 Å². The Balaban J connectivity index is 1.36. The average molecular weight is 883 g/mol. The van der Waals surface area contributed by atoms with Gasteiger partial charge in [-0.15, -0.1) is 0 Å². The van der Waals surface area contributed by atoms with Gasteiger partial charge in [0, 0.05) is 12.8 Å². The molecule has 2 atom stereocenters. The van der Waals surface area contributed by atoms with Crippen molar-refractivity contribution in [2.24, 2.45) is 11.8 Å². The molecule has 59 heavy (non-hydrogen) atoms. The van der Waals surface area contributed by atoms with E-state index in [0.717, 1.165) is 11.1 Å². The fraction of sp³-hybridized carbons (Fsp3) is 0.244. The first kappa shape index (κ1) is 46.4. The summed E-state index contributed by atoms with van der Waals surface area (Å²) >= 11 is 23.0. The second kappa shape index (κ2) is 23.4. The Morgan fingerprint density at radius 3 is 1.24 bits per heavy atom. The lowest BCUT2D eigenvalue weighted by atomic mass is 9.94. The summed E-state index contributed by atoms with van der Waals surface area (Å²) in [4.78, 5) is 74.0. The van der Waals surface area contributed by atoms with Crippen molar-refractivity contribution >= 4 is 93.6 Å². The molecule has 0 unspecified atom stereocenters. The topological polar surface area (TPSA) is 139 Å². The predicted octanol–water partition coefficient (Wildman–Crippen LogP) is 9.01. The van der Waals surface area contributed by atoms with Crippen LogP contribution in [0, 0.1) is 11.8 Å². The number of carbonyl (C=O) groups is 6. The molecule has 0 heterocycles. The molecule has 0 fully saturated rings. The van der Waals surface area contributed by atoms with E-state index in [1.54, 1.807) is 24.3 Å². The van der Waals surface area contributed by atoms with Crippen LogP contribution >= 0.6 is 46.4 Å². The number of allylic oxidation sites excluding steroid dienone is 2. The molecule has 0 amide bonds. The third-order valence-corrected chi connectivity index (χ3v) is 9.74. The fourth-order valence-electron chi connectivity index (χ4n) is 5.73. The SMILES string of the molecule is COc1cc(/C=C/C(=O)CC(=O)/C=C/c2ccc(OC(=O)[C@@H](CC(=O)C(Cl)Cl)Cc3ccccc3)c(OC)c2)ccc1OC(=O)[C@@H](CC(=O)C(Cl)Cl)Cc1ccccc1. The molecule has 308 valence electrons. The first-order valence-corrected chi connectivity index (χ1v) is 19.9. The van der Waals surface area contributed by atoms with Gasteiger partial charge in [-0.3, -0.25) is 28.8 Å². The van der Waals surface area contributed by atoms with Gasteiger partial charge in [0.2, 0.25) is 0 Å². The zero-order valence-electron chi connectivity index (χ0n) is 32.0. The van der Waals surface area contributed by atoms with E-state index < -0.39 is 63.0 Å². The average Bonchev–Trinajstić information content (AvgIpc) is 3.22. The monoisotopic (exact) mass is 880 g/mol. The van der Waals surface area contributed by atoms with Gasteiger partial charge >= 0.3 is 11.9 Å². The number of Topliss-reactive ketones (excluding diaryl/α,β-unsaturated/α-hetero) is 2. The van der Waals surface area contributed by atoms with Crippen LogP contribution in [0.2, 0.25) is 0 Å². The third-order valence-electron chi connectivity index (χ3n) is 8.77. The number of hydrogen-bond donors (Lipinski definition) is 0. The highest BCUT2D eigenvalue weighted by molar-refractivity contribution is 6.54. The van der Waals surface area contributed by atoms with Gasteiger partial charge < -0.3 is 18.9 Å². The summed E-state index contributed by atoms with van der Waals surface area (Å²) in [6.45, 7) is 0. The van der Waals surface area contributed by atoms with E-state index in [1.165, 1.54) is 50.7 Å². The highest BCUT2D eigenvalue weighted by Gasteiger charge is 2.29. The van der Waals surface area contributed by atoms with Gasteiger partial charge in [0.1, 0.15) is 0 Å². The van der Waals surface area contributed by atoms with Crippen molar-refractivity contribution in [2.45, 2.75) is 41.8 Å². The molecule has 10 nitrogen and oxygen atoms in total. The Hall–Kier alpha value is -5.26. The standard InChI is InChI=1S/C45H40Cl4O10/c1-56-40-23-30(15-19-38(40)58-44(54)32(25-36(52)42(46)47)21-28-9-5-3-6-10-28)13-17-34(50)27-35(51)18-14-31-16-20-39(41(24-31)57-2)59-45(55)33(26-37(53)43(48)49)22-29-11-7-4-8-12-29/h3-20,23-24,32-33,42-43H,21-22,25-27H2,1-2H3/b17-13+,18-14+/t32-,33-/m1/s1. The van der Waals surface area contributed by atoms with Crippen molar-refractivity contribution in [1.29, 1.82) is 0 Å². The minimum atomic E-state index is -1.29. The highest BCUT2D eigenvalue weighted by Crippen LogP contribution is 2.32. The zero-order chi connectivity index (χ0) is 42.9. The van der Waals surface area contributed by atoms with E-state index in [1.807, 2.05) is 60.7 Å². The maximum Gasteiger partial charge on any atom is 0.315 e. The van der Waals surface area contributed by atoms with Crippen LogP contribution in [0.1, 0.15) is 41.5 Å². The number of methoxy groups -OCH3 is 2. The summed E-state index contributed by atoms with van der Waals surface area (Å²) in [6.07, 6.45) is 5.02. The number of ether oxygens (including phenoxy) is 4. The van der Waals surface area contributed by atoms with Crippen LogP contribution in [-0.4, -0.2) is 59.0 Å². The smallest absolute Gasteiger partial charge is 0.315 e. The number of benzene rings is 4. The van der Waals surface area contributed by atoms with Crippen LogP contribution in [0.3, 0.4) is 0 Å². The molecule has 0 aromatic heterocycles. The maximum absolute atomic E-state index is 13.2. The van der Waals surface area contributed by atoms with Crippen LogP contribution in [-0.2, 0) is 41.6 Å². The first-order chi connectivity index (χ1) is 28.3. The molecule has 0 saturated heterocycles. The fourth-order valence-corrected chi connectivity index (χ4v) is 6.09. The summed E-state index contributed by atoms with van der Waals surface area (Å²) in [5.41, 5.74) is 2.68. The van der Waals surface area contributed by atoms with Crippen molar-refractivity contribution in [3.63, 3.8) is 0 Å². The van der Waals surface area contributed by atoms with E-state index in [-0.39, 0.29) is 48.7 Å². The van der Waals surface area contributed by atoms with Crippen molar-refractivity contribution in [2.75, 3.05) is 14.2 Å². The number of halogens is 4. The lowest BCUT2D eigenvalue weighted by Crippen LogP contribution is -2.27. The third kappa shape index (κ3) is 15.1.